The molecule has 46 nitrogen and oxygen atoms in total. The quantitative estimate of drug-likeness (QED) is 0.0198. The summed E-state index contributed by atoms with van der Waals surface area (Å²) in [5.41, 5.74) is -9.89. The predicted molar refractivity (Wildman–Crippen MR) is 383 cm³/mol. The van der Waals surface area contributed by atoms with Gasteiger partial charge in [-0.05, 0) is 121 Å². The standard InChI is InChI=1S/C76H52O46/c77-32-1-22(2-33(78)53(32)92)67(103)113-47-16-27(11-42(87)58(47)97)66(102)112-21-52-63(119-72(108)28-12-43(88)59(98)48(17-28)114-68(104)23-3-34(79)54(93)35(80)4-23)64(120-73(109)29-13-44(89)60(99)49(18-29)115-69(105)24-5-36(81)55(94)37(82)6-24)65(121-74(110)30-14-45(90)61(100)50(19-30)116-70(106)25-7-38(83)56(95)39(84)8-25)76(118-52)122-75(111)31-15-46(91)62(101)51(20-31)117-71(107)26-9-40(85)57(96)41(86)10-26/h1-20,52,63-65,76-101H,21H2/t52-,63-,64+,65-,76-/m1/s1. The van der Waals surface area contributed by atoms with Gasteiger partial charge < -0.3 is 180 Å². The Bertz CT molecular complexity index is 5970. The molecule has 11 rings (SSSR count). The van der Waals surface area contributed by atoms with Gasteiger partial charge in [0.25, 0.3) is 0 Å². The van der Waals surface area contributed by atoms with E-state index in [1.54, 1.807) is 0 Å². The van der Waals surface area contributed by atoms with Crippen LogP contribution in [-0.2, 0) is 28.4 Å². The van der Waals surface area contributed by atoms with Crippen LogP contribution in [0.25, 0.3) is 0 Å². The molecule has 0 aromatic heterocycles. The zero-order valence-electron chi connectivity index (χ0n) is 59.9. The molecule has 0 saturated carbocycles. The topological polar surface area (TPSA) is 778 Å². The van der Waals surface area contributed by atoms with Crippen molar-refractivity contribution in [3.63, 3.8) is 0 Å². The lowest BCUT2D eigenvalue weighted by atomic mass is 9.97. The van der Waals surface area contributed by atoms with Gasteiger partial charge in [-0.3, -0.25) is 0 Å². The first-order valence-corrected chi connectivity index (χ1v) is 33.2. The van der Waals surface area contributed by atoms with E-state index in [4.69, 9.17) is 52.1 Å². The Morgan fingerprint density at radius 1 is 0.205 bits per heavy atom. The van der Waals surface area contributed by atoms with Crippen LogP contribution in [0.3, 0.4) is 0 Å². The van der Waals surface area contributed by atoms with Crippen molar-refractivity contribution in [2.75, 3.05) is 6.61 Å². The Balaban J connectivity index is 1.09. The van der Waals surface area contributed by atoms with Gasteiger partial charge in [0.1, 0.15) is 12.7 Å². The first kappa shape index (κ1) is 84.8. The third kappa shape index (κ3) is 17.6. The molecule has 25 N–H and O–H groups in total. The molecule has 1 saturated heterocycles. The van der Waals surface area contributed by atoms with Crippen molar-refractivity contribution in [1.82, 2.24) is 0 Å². The smallest absolute Gasteiger partial charge is 0.343 e. The van der Waals surface area contributed by atoms with E-state index in [9.17, 15) is 161 Å². The van der Waals surface area contributed by atoms with E-state index in [0.29, 0.717) is 121 Å². The van der Waals surface area contributed by atoms with Crippen LogP contribution >= 0.6 is 0 Å². The largest absolute Gasteiger partial charge is 0.504 e. The van der Waals surface area contributed by atoms with Gasteiger partial charge in [0.15, 0.2) is 156 Å². The molecule has 0 bridgehead atoms. The van der Waals surface area contributed by atoms with Crippen molar-refractivity contribution >= 4 is 59.7 Å². The number of hydrogen-bond donors (Lipinski definition) is 25. The zero-order chi connectivity index (χ0) is 89.4. The summed E-state index contributed by atoms with van der Waals surface area (Å²) in [6.07, 6.45) is -15.1. The van der Waals surface area contributed by atoms with Gasteiger partial charge in [-0.25, -0.2) is 47.9 Å². The van der Waals surface area contributed by atoms with Crippen LogP contribution < -0.4 is 23.7 Å². The molecule has 1 aliphatic heterocycles. The molecular formula is C76H52O46. The van der Waals surface area contributed by atoms with Gasteiger partial charge in [0.05, 0.1) is 55.6 Å². The van der Waals surface area contributed by atoms with Gasteiger partial charge in [-0.15, -0.1) is 0 Å². The summed E-state index contributed by atoms with van der Waals surface area (Å²) in [5.74, 6) is -56.0. The molecule has 0 amide bonds. The Kier molecular flexibility index (Phi) is 23.2. The fourth-order valence-electron chi connectivity index (χ4n) is 10.8. The van der Waals surface area contributed by atoms with Gasteiger partial charge >= 0.3 is 59.7 Å². The number of aromatic hydroxyl groups is 25. The van der Waals surface area contributed by atoms with E-state index in [-0.39, 0.29) is 0 Å². The lowest BCUT2D eigenvalue weighted by Gasteiger charge is -2.43. The normalized spacial score (nSPS) is 14.6. The fourth-order valence-corrected chi connectivity index (χ4v) is 10.8. The SMILES string of the molecule is O=C(OC[C@H]1O[C@H](OC(=O)c2cc(O)c(O)c(OC(=O)c3cc(O)c(O)c(O)c3)c2)[C@H](OC(=O)c2cc(O)c(O)c(OC(=O)c3cc(O)c(O)c(O)c3)c2)[C@@H](OC(=O)c2cc(O)c(O)c(OC(=O)c3cc(O)c(O)c(O)c3)c2)[C@@H]1OC(=O)c1cc(O)c(O)c(OC(=O)c2cc(O)c(O)c(O)c2)c1)c1cc(O)c(O)c(OC(=O)c2cc(O)c(O)c(O)c2)c1. The summed E-state index contributed by atoms with van der Waals surface area (Å²) in [5, 5.41) is 261. The predicted octanol–water partition coefficient (Wildman–Crippen LogP) is 4.84. The van der Waals surface area contributed by atoms with Crippen molar-refractivity contribution in [2.45, 2.75) is 30.7 Å². The number of benzene rings is 10. The van der Waals surface area contributed by atoms with Crippen LogP contribution in [0.4, 0.5) is 0 Å². The van der Waals surface area contributed by atoms with Gasteiger partial charge in [0, 0.05) is 0 Å². The summed E-state index contributed by atoms with van der Waals surface area (Å²) in [6.45, 7) is -1.71. The first-order chi connectivity index (χ1) is 57.4. The van der Waals surface area contributed by atoms with E-state index in [2.05, 4.69) is 0 Å². The number of hydrogen-bond acceptors (Lipinski definition) is 46. The first-order valence-electron chi connectivity index (χ1n) is 33.2. The minimum absolute atomic E-state index is 0.295. The van der Waals surface area contributed by atoms with E-state index >= 15 is 14.4 Å². The Morgan fingerprint density at radius 2 is 0.377 bits per heavy atom. The Labute approximate surface area is 671 Å². The van der Waals surface area contributed by atoms with Gasteiger partial charge in [-0.1, -0.05) is 0 Å². The third-order valence-corrected chi connectivity index (χ3v) is 16.9. The maximum Gasteiger partial charge on any atom is 0.343 e. The monoisotopic (exact) mass is 1700 g/mol. The second-order valence-electron chi connectivity index (χ2n) is 25.1. The number of esters is 10. The lowest BCUT2D eigenvalue weighted by molar-refractivity contribution is -0.282. The molecule has 0 aliphatic carbocycles. The molecule has 10 aromatic rings. The molecular weight excluding hydrogens is 1650 g/mol. The highest BCUT2D eigenvalue weighted by Gasteiger charge is 2.55. The lowest BCUT2D eigenvalue weighted by Crippen LogP contribution is -2.63. The van der Waals surface area contributed by atoms with E-state index < -0.39 is 325 Å². The number of carbonyl (C=O) groups is 10. The van der Waals surface area contributed by atoms with Crippen molar-refractivity contribution < 1.29 is 228 Å². The summed E-state index contributed by atoms with van der Waals surface area (Å²) < 4.78 is 60.4. The van der Waals surface area contributed by atoms with Crippen LogP contribution in [0, 0.1) is 0 Å². The zero-order valence-corrected chi connectivity index (χ0v) is 59.9. The fraction of sp³-hybridized carbons (Fsp3) is 0.0789. The van der Waals surface area contributed by atoms with E-state index in [1.165, 1.54) is 0 Å². The number of rotatable bonds is 21. The molecule has 632 valence electrons. The van der Waals surface area contributed by atoms with Crippen molar-refractivity contribution in [3.8, 4) is 172 Å². The maximum atomic E-state index is 15.3. The summed E-state index contributed by atoms with van der Waals surface area (Å²) >= 11 is 0. The highest BCUT2D eigenvalue weighted by atomic mass is 16.8. The molecule has 10 aromatic carbocycles. The summed E-state index contributed by atoms with van der Waals surface area (Å²) in [6, 6.07) is 8.56. The summed E-state index contributed by atoms with van der Waals surface area (Å²) in [4.78, 5) is 142. The summed E-state index contributed by atoms with van der Waals surface area (Å²) in [7, 11) is 0. The molecule has 0 radical (unpaired) electrons. The average molecular weight is 1700 g/mol. The number of carbonyl (C=O) groups excluding carboxylic acids is 10. The number of ether oxygens (including phenoxy) is 11. The maximum absolute atomic E-state index is 15.3. The van der Waals surface area contributed by atoms with Crippen LogP contribution in [0.2, 0.25) is 0 Å². The second kappa shape index (κ2) is 33.4. The molecule has 0 spiro atoms. The third-order valence-electron chi connectivity index (χ3n) is 16.9. The highest BCUT2D eigenvalue weighted by Crippen LogP contribution is 2.48. The van der Waals surface area contributed by atoms with Crippen molar-refractivity contribution in [1.29, 1.82) is 0 Å². The molecule has 5 atom stereocenters. The molecule has 0 unspecified atom stereocenters. The average Bonchev–Trinajstić information content (AvgIpc) is 0.764. The number of phenolic OH excluding ortho intramolecular Hbond substituents is 25. The minimum Gasteiger partial charge on any atom is -0.504 e. The van der Waals surface area contributed by atoms with Crippen molar-refractivity contribution in [3.05, 3.63) is 177 Å². The Hall–Kier alpha value is -18.1. The number of phenols is 25. The minimum atomic E-state index is -3.12. The molecule has 1 aliphatic rings. The molecule has 1 heterocycles. The van der Waals surface area contributed by atoms with Crippen molar-refractivity contribution in [2.24, 2.45) is 0 Å². The molecule has 1 fully saturated rings. The van der Waals surface area contributed by atoms with Gasteiger partial charge in [-0.2, -0.15) is 0 Å². The van der Waals surface area contributed by atoms with E-state index in [1.807, 2.05) is 0 Å². The van der Waals surface area contributed by atoms with Crippen LogP contribution in [0.5, 0.6) is 172 Å². The van der Waals surface area contributed by atoms with E-state index in [0.717, 1.165) is 0 Å². The molecule has 46 heteroatoms. The Morgan fingerprint density at radius 3 is 0.598 bits per heavy atom. The van der Waals surface area contributed by atoms with Crippen LogP contribution in [-0.4, -0.2) is 225 Å². The molecule has 122 heavy (non-hydrogen) atoms. The van der Waals surface area contributed by atoms with Crippen LogP contribution in [0.15, 0.2) is 121 Å². The second-order valence-corrected chi connectivity index (χ2v) is 25.1. The van der Waals surface area contributed by atoms with Crippen LogP contribution in [0.1, 0.15) is 104 Å². The van der Waals surface area contributed by atoms with Gasteiger partial charge in [0.2, 0.25) is 41.1 Å². The highest BCUT2D eigenvalue weighted by molar-refractivity contribution is 6.00.